The number of hydrogen-bond acceptors (Lipinski definition) is 15. The van der Waals surface area contributed by atoms with Gasteiger partial charge in [-0.15, -0.1) is 0 Å². The highest BCUT2D eigenvalue weighted by Gasteiger charge is 2.30. The Labute approximate surface area is 638 Å². The average molecular weight is 1520 g/mol. The Hall–Kier alpha value is -1.94. The first kappa shape index (κ1) is 102. The van der Waals surface area contributed by atoms with Crippen molar-refractivity contribution in [2.24, 2.45) is 11.8 Å². The number of phosphoric acid groups is 2. The fourth-order valence-corrected chi connectivity index (χ4v) is 14.8. The van der Waals surface area contributed by atoms with Gasteiger partial charge in [0.25, 0.3) is 0 Å². The third-order valence-electron chi connectivity index (χ3n) is 20.0. The van der Waals surface area contributed by atoms with Gasteiger partial charge in [0, 0.05) is 25.7 Å². The molecule has 0 heterocycles. The highest BCUT2D eigenvalue weighted by molar-refractivity contribution is 7.47. The van der Waals surface area contributed by atoms with E-state index in [-0.39, 0.29) is 25.7 Å². The molecule has 5 atom stereocenters. The molecular formula is C85H166O17P2. The fraction of sp³-hybridized carbons (Fsp3) is 0.953. The molecule has 0 aromatic rings. The zero-order valence-corrected chi connectivity index (χ0v) is 70.1. The minimum atomic E-state index is -4.96. The van der Waals surface area contributed by atoms with E-state index < -0.39 is 97.5 Å². The smallest absolute Gasteiger partial charge is 0.462 e. The minimum absolute atomic E-state index is 0.106. The quantitative estimate of drug-likeness (QED) is 0.0222. The second-order valence-electron chi connectivity index (χ2n) is 31.5. The van der Waals surface area contributed by atoms with Gasteiger partial charge >= 0.3 is 39.5 Å². The van der Waals surface area contributed by atoms with Crippen LogP contribution in [0, 0.1) is 11.8 Å². The van der Waals surface area contributed by atoms with Gasteiger partial charge in [0.05, 0.1) is 26.4 Å². The van der Waals surface area contributed by atoms with E-state index in [1.807, 2.05) is 0 Å². The van der Waals surface area contributed by atoms with Crippen LogP contribution in [0.2, 0.25) is 0 Å². The van der Waals surface area contributed by atoms with E-state index in [2.05, 4.69) is 41.5 Å². The van der Waals surface area contributed by atoms with Crippen LogP contribution in [-0.4, -0.2) is 96.7 Å². The van der Waals surface area contributed by atoms with Crippen molar-refractivity contribution in [1.82, 2.24) is 0 Å². The van der Waals surface area contributed by atoms with E-state index in [1.165, 1.54) is 270 Å². The summed E-state index contributed by atoms with van der Waals surface area (Å²) in [5, 5.41) is 10.7. The summed E-state index contributed by atoms with van der Waals surface area (Å²) < 4.78 is 68.8. The lowest BCUT2D eigenvalue weighted by molar-refractivity contribution is -0.161. The third kappa shape index (κ3) is 78.2. The van der Waals surface area contributed by atoms with E-state index >= 15 is 0 Å². The largest absolute Gasteiger partial charge is 0.472 e. The number of carbonyl (C=O) groups is 4. The molecule has 0 spiro atoms. The van der Waals surface area contributed by atoms with Crippen LogP contribution >= 0.6 is 15.6 Å². The molecule has 3 N–H and O–H groups in total. The van der Waals surface area contributed by atoms with Crippen LogP contribution in [0.1, 0.15) is 452 Å². The Bertz CT molecular complexity index is 1990. The monoisotopic (exact) mass is 1520 g/mol. The zero-order chi connectivity index (χ0) is 76.4. The van der Waals surface area contributed by atoms with Gasteiger partial charge in [0.1, 0.15) is 19.3 Å². The van der Waals surface area contributed by atoms with Gasteiger partial charge < -0.3 is 33.8 Å². The Morgan fingerprint density at radius 1 is 0.260 bits per heavy atom. The van der Waals surface area contributed by atoms with Crippen molar-refractivity contribution in [2.45, 2.75) is 471 Å². The molecule has 0 aliphatic carbocycles. The maximum Gasteiger partial charge on any atom is 0.472 e. The predicted molar refractivity (Wildman–Crippen MR) is 428 cm³/mol. The van der Waals surface area contributed by atoms with Gasteiger partial charge in [-0.1, -0.05) is 401 Å². The summed E-state index contributed by atoms with van der Waals surface area (Å²) in [6, 6.07) is 0. The fourth-order valence-electron chi connectivity index (χ4n) is 13.2. The molecule has 0 saturated carbocycles. The molecule has 2 unspecified atom stereocenters. The Kier molecular flexibility index (Phi) is 75.0. The molecule has 0 aromatic heterocycles. The maximum absolute atomic E-state index is 13.1. The molecule has 0 amide bonds. The number of aliphatic hydroxyl groups excluding tert-OH is 1. The van der Waals surface area contributed by atoms with Crippen LogP contribution in [0.25, 0.3) is 0 Å². The summed E-state index contributed by atoms with van der Waals surface area (Å²) in [6.45, 7) is 9.66. The third-order valence-corrected chi connectivity index (χ3v) is 21.9. The summed E-state index contributed by atoms with van der Waals surface area (Å²) in [7, 11) is -9.92. The van der Waals surface area contributed by atoms with Crippen LogP contribution in [0.3, 0.4) is 0 Å². The van der Waals surface area contributed by atoms with E-state index in [4.69, 9.17) is 37.0 Å². The molecule has 618 valence electrons. The van der Waals surface area contributed by atoms with Crippen LogP contribution in [-0.2, 0) is 65.4 Å². The second kappa shape index (κ2) is 76.4. The summed E-state index contributed by atoms with van der Waals surface area (Å²) in [5.41, 5.74) is 0. The number of esters is 4. The molecule has 19 heteroatoms. The number of aliphatic hydroxyl groups is 1. The van der Waals surface area contributed by atoms with Gasteiger partial charge in [-0.2, -0.15) is 0 Å². The van der Waals surface area contributed by atoms with E-state index in [1.54, 1.807) is 0 Å². The van der Waals surface area contributed by atoms with Gasteiger partial charge in [0.15, 0.2) is 12.2 Å². The highest BCUT2D eigenvalue weighted by Crippen LogP contribution is 2.45. The molecule has 17 nitrogen and oxygen atoms in total. The van der Waals surface area contributed by atoms with Gasteiger partial charge in [-0.05, 0) is 37.5 Å². The molecule has 0 aliphatic heterocycles. The first-order chi connectivity index (χ1) is 50.4. The molecule has 0 aromatic carbocycles. The predicted octanol–water partition coefficient (Wildman–Crippen LogP) is 25.8. The second-order valence-corrected chi connectivity index (χ2v) is 34.4. The minimum Gasteiger partial charge on any atom is -0.462 e. The topological polar surface area (TPSA) is 237 Å². The molecule has 104 heavy (non-hydrogen) atoms. The van der Waals surface area contributed by atoms with Crippen LogP contribution in [0.15, 0.2) is 0 Å². The maximum atomic E-state index is 13.1. The summed E-state index contributed by atoms with van der Waals surface area (Å²) in [6.07, 6.45) is 68.2. The first-order valence-corrected chi connectivity index (χ1v) is 47.0. The lowest BCUT2D eigenvalue weighted by Gasteiger charge is -2.21. The Morgan fingerprint density at radius 3 is 0.654 bits per heavy atom. The summed E-state index contributed by atoms with van der Waals surface area (Å²) >= 11 is 0. The van der Waals surface area contributed by atoms with E-state index in [9.17, 15) is 43.2 Å². The number of rotatable bonds is 84. The molecule has 0 aliphatic rings. The van der Waals surface area contributed by atoms with E-state index in [0.29, 0.717) is 25.7 Å². The van der Waals surface area contributed by atoms with Gasteiger partial charge in [0.2, 0.25) is 0 Å². The number of ether oxygens (including phenoxy) is 4. The average Bonchev–Trinajstić information content (AvgIpc) is 0.906. The van der Waals surface area contributed by atoms with Crippen LogP contribution in [0.5, 0.6) is 0 Å². The van der Waals surface area contributed by atoms with Crippen LogP contribution in [0.4, 0.5) is 0 Å². The molecule has 0 fully saturated rings. The van der Waals surface area contributed by atoms with Crippen molar-refractivity contribution in [3.8, 4) is 0 Å². The summed E-state index contributed by atoms with van der Waals surface area (Å²) in [5.74, 6) is -0.549. The van der Waals surface area contributed by atoms with Gasteiger partial charge in [-0.25, -0.2) is 9.13 Å². The molecule has 0 saturated heterocycles. The zero-order valence-electron chi connectivity index (χ0n) is 68.3. The molecule has 0 radical (unpaired) electrons. The summed E-state index contributed by atoms with van der Waals surface area (Å²) in [4.78, 5) is 73.1. The van der Waals surface area contributed by atoms with Crippen molar-refractivity contribution in [3.05, 3.63) is 0 Å². The normalized spacial score (nSPS) is 13.8. The number of hydrogen-bond donors (Lipinski definition) is 3. The molecule has 0 bridgehead atoms. The SMILES string of the molecule is CCCCCCCCCCCCCCCCCCCCCCCC(=O)OC[C@H](COP(=O)(O)OC[C@@H](O)COP(=O)(O)OC[C@@H](COC(=O)CCCCCCCCCCCC)OC(=O)CCCCCCCCCCCC(C)C)OC(=O)CCCCCCCCCCCCCCCCCCCCC(C)C. The standard InChI is InChI=1S/C85H166O17P2/c1-7-9-11-13-15-17-19-20-21-22-23-24-25-29-32-35-38-44-50-56-62-68-83(88)96-74-80(101-84(89)69-63-57-51-45-39-36-33-30-27-26-28-31-34-37-41-47-53-59-65-77(3)4)75-99-103(91,92)97-71-79(86)72-98-104(93,94)100-76-81(73-95-82(87)67-61-55-49-43-18-16-14-12-10-8-2)102-85(90)70-64-58-52-46-40-42-48-54-60-66-78(5)6/h77-81,86H,7-76H2,1-6H3,(H,91,92)(H,93,94)/t79-,80-,81-/m1/s1. The lowest BCUT2D eigenvalue weighted by Crippen LogP contribution is -2.30. The Morgan fingerprint density at radius 2 is 0.442 bits per heavy atom. The van der Waals surface area contributed by atoms with Crippen molar-refractivity contribution < 1.29 is 80.2 Å². The number of phosphoric ester groups is 2. The number of carbonyl (C=O) groups excluding carboxylic acids is 4. The molecule has 0 rings (SSSR count). The van der Waals surface area contributed by atoms with Crippen molar-refractivity contribution in [2.75, 3.05) is 39.6 Å². The molecular weight excluding hydrogens is 1350 g/mol. The lowest BCUT2D eigenvalue weighted by atomic mass is 10.0. The first-order valence-electron chi connectivity index (χ1n) is 44.0. The van der Waals surface area contributed by atoms with Crippen molar-refractivity contribution in [1.29, 1.82) is 0 Å². The van der Waals surface area contributed by atoms with Gasteiger partial charge in [-0.3, -0.25) is 37.3 Å². The van der Waals surface area contributed by atoms with Crippen molar-refractivity contribution >= 4 is 39.5 Å². The van der Waals surface area contributed by atoms with Crippen LogP contribution < -0.4 is 0 Å². The van der Waals surface area contributed by atoms with E-state index in [0.717, 1.165) is 102 Å². The Balaban J connectivity index is 5.19. The number of unbranched alkanes of at least 4 members (excludes halogenated alkanes) is 54. The highest BCUT2D eigenvalue weighted by atomic mass is 31.2. The van der Waals surface area contributed by atoms with Crippen molar-refractivity contribution in [3.63, 3.8) is 0 Å².